The maximum atomic E-state index is 2.52. The van der Waals surface area contributed by atoms with Crippen molar-refractivity contribution in [3.63, 3.8) is 0 Å². The third-order valence-electron chi connectivity index (χ3n) is 2.73. The molecule has 4 rings (SSSR count). The molecule has 0 saturated carbocycles. The van der Waals surface area contributed by atoms with Crippen LogP contribution in [-0.2, 0) is 0 Å². The van der Waals surface area contributed by atoms with Gasteiger partial charge in [0.15, 0.2) is 0 Å². The van der Waals surface area contributed by atoms with Crippen molar-refractivity contribution in [2.75, 3.05) is 0 Å². The molecule has 0 fully saturated rings. The minimum atomic E-state index is -1.49. The van der Waals surface area contributed by atoms with Crippen LogP contribution in [0.2, 0.25) is 4.87 Å². The first-order chi connectivity index (χ1) is 10.8. The molecule has 0 atom stereocenters. The Labute approximate surface area is 172 Å². The van der Waals surface area contributed by atoms with E-state index in [9.17, 15) is 0 Å². The van der Waals surface area contributed by atoms with E-state index in [0.29, 0.717) is 0 Å². The van der Waals surface area contributed by atoms with Crippen LogP contribution in [0.5, 0.6) is 0 Å². The summed E-state index contributed by atoms with van der Waals surface area (Å²) >= 11 is 13.9. The van der Waals surface area contributed by atoms with E-state index in [4.69, 9.17) is 0 Å². The van der Waals surface area contributed by atoms with Crippen LogP contribution < -0.4 is 0 Å². The summed E-state index contributed by atoms with van der Waals surface area (Å²) in [6.07, 6.45) is 0. The van der Waals surface area contributed by atoms with Crippen LogP contribution >= 0.6 is 94.1 Å². The van der Waals surface area contributed by atoms with Crippen molar-refractivity contribution in [3.05, 3.63) is 55.1 Å². The van der Waals surface area contributed by atoms with E-state index < -0.39 is 20.2 Å². The molecule has 4 heterocycles. The second kappa shape index (κ2) is 8.17. The van der Waals surface area contributed by atoms with Gasteiger partial charge >= 0.3 is 174 Å². The van der Waals surface area contributed by atoms with Gasteiger partial charge in [0.25, 0.3) is 0 Å². The van der Waals surface area contributed by atoms with Crippen molar-refractivity contribution in [3.8, 4) is 0 Å². The summed E-state index contributed by atoms with van der Waals surface area (Å²) < 4.78 is 9.24. The Hall–Kier alpha value is 2.06. The molecule has 0 bridgehead atoms. The number of rotatable bonds is 2. The summed E-state index contributed by atoms with van der Waals surface area (Å²) in [5, 5.41) is 13.6. The molecule has 0 radical (unpaired) electrons. The number of thioether (sulfide) groups is 8. The van der Waals surface area contributed by atoms with Crippen LogP contribution in [0.1, 0.15) is 0 Å². The first-order valence-electron chi connectivity index (χ1n) is 6.09. The molecule has 0 amide bonds. The average molecular weight is 544 g/mol. The van der Waals surface area contributed by atoms with Gasteiger partial charge in [-0.15, -0.1) is 0 Å². The molecule has 9 heteroatoms. The van der Waals surface area contributed by atoms with E-state index in [1.807, 2.05) is 94.1 Å². The van der Waals surface area contributed by atoms with Crippen molar-refractivity contribution >= 4 is 114 Å². The Morgan fingerprint density at radius 2 is 1.00 bits per heavy atom. The van der Waals surface area contributed by atoms with Crippen LogP contribution in [0.4, 0.5) is 0 Å². The number of hydrogen-bond acceptors (Lipinski definition) is 8. The van der Waals surface area contributed by atoms with E-state index in [2.05, 4.69) is 37.3 Å². The van der Waals surface area contributed by atoms with E-state index in [1.165, 1.54) is 16.9 Å². The Kier molecular flexibility index (Phi) is 6.49. The van der Waals surface area contributed by atoms with Crippen molar-refractivity contribution in [1.82, 2.24) is 0 Å². The zero-order chi connectivity index (χ0) is 14.9. The van der Waals surface area contributed by atoms with Gasteiger partial charge in [0.1, 0.15) is 0 Å². The Bertz CT molecular complexity index is 606. The van der Waals surface area contributed by atoms with Gasteiger partial charge in [-0.05, 0) is 0 Å². The van der Waals surface area contributed by atoms with Gasteiger partial charge in [-0.1, -0.05) is 0 Å². The van der Waals surface area contributed by atoms with Crippen LogP contribution in [0.15, 0.2) is 55.1 Å². The van der Waals surface area contributed by atoms with E-state index in [-0.39, 0.29) is 0 Å². The summed E-state index contributed by atoms with van der Waals surface area (Å²) in [7, 11) is 0. The second-order valence-electron chi connectivity index (χ2n) is 4.08. The van der Waals surface area contributed by atoms with Gasteiger partial charge in [-0.2, -0.15) is 0 Å². The minimum absolute atomic E-state index is 1.46. The average Bonchev–Trinajstić information content (AvgIpc) is 3.35. The molecule has 22 heavy (non-hydrogen) atoms. The first-order valence-corrected chi connectivity index (χ1v) is 18.1. The van der Waals surface area contributed by atoms with E-state index >= 15 is 0 Å². The fraction of sp³-hybridized carbons (Fsp3) is 0.0769. The summed E-state index contributed by atoms with van der Waals surface area (Å²) in [5.41, 5.74) is 0. The third-order valence-corrected chi connectivity index (χ3v) is 23.2. The molecule has 114 valence electrons. The molecule has 0 aromatic rings. The summed E-state index contributed by atoms with van der Waals surface area (Å²) in [6, 6.07) is 0. The quantitative estimate of drug-likeness (QED) is 0.318. The summed E-state index contributed by atoms with van der Waals surface area (Å²) in [5.74, 6) is 0. The number of hydrogen-bond donors (Lipinski definition) is 0. The molecular formula is C13H9S8Sb. The Morgan fingerprint density at radius 3 is 1.41 bits per heavy atom. The predicted molar refractivity (Wildman–Crippen MR) is 121 cm³/mol. The molecule has 4 aliphatic rings. The van der Waals surface area contributed by atoms with Gasteiger partial charge in [0, 0.05) is 0 Å². The molecule has 0 saturated heterocycles. The van der Waals surface area contributed by atoms with Crippen molar-refractivity contribution in [2.24, 2.45) is 0 Å². The molecule has 0 aromatic carbocycles. The van der Waals surface area contributed by atoms with Gasteiger partial charge in [-0.3, -0.25) is 0 Å². The molecule has 0 aromatic heterocycles. The fourth-order valence-electron chi connectivity index (χ4n) is 1.68. The molecule has 0 aliphatic carbocycles. The van der Waals surface area contributed by atoms with Crippen LogP contribution in [0.3, 0.4) is 0 Å². The van der Waals surface area contributed by atoms with Crippen LogP contribution in [0.25, 0.3) is 0 Å². The molecule has 0 nitrogen and oxygen atoms in total. The van der Waals surface area contributed by atoms with Gasteiger partial charge < -0.3 is 0 Å². The summed E-state index contributed by atoms with van der Waals surface area (Å²) in [6.45, 7) is 0. The second-order valence-corrected chi connectivity index (χ2v) is 20.4. The monoisotopic (exact) mass is 542 g/mol. The third kappa shape index (κ3) is 3.90. The standard InChI is InChI=1S/2C6H3S4.CH3.Sb/c2*1-2-8-5(7-1)6-9-3-4-10-6;;/h2*1-3H;1H3;. The Morgan fingerprint density at radius 1 is 0.591 bits per heavy atom. The fourth-order valence-corrected chi connectivity index (χ4v) is 21.4. The summed E-state index contributed by atoms with van der Waals surface area (Å²) in [4.78, 5) is 2.52. The van der Waals surface area contributed by atoms with Gasteiger partial charge in [0.2, 0.25) is 0 Å². The van der Waals surface area contributed by atoms with Crippen molar-refractivity contribution in [1.29, 1.82) is 0 Å². The molecule has 0 spiro atoms. The zero-order valence-electron chi connectivity index (χ0n) is 11.2. The SMILES string of the molecule is [CH3][Sb]([C]1=CSC(=C2SC=CS2)S1)[C]1=CSC(=C2SC=CS2)S1. The van der Waals surface area contributed by atoms with E-state index in [1.54, 1.807) is 5.70 Å². The molecule has 0 N–H and O–H groups in total. The van der Waals surface area contributed by atoms with Crippen molar-refractivity contribution in [2.45, 2.75) is 4.87 Å². The van der Waals surface area contributed by atoms with Gasteiger partial charge in [0.05, 0.1) is 0 Å². The molecule has 0 unspecified atom stereocenters. The van der Waals surface area contributed by atoms with Crippen LogP contribution in [-0.4, -0.2) is 20.2 Å². The zero-order valence-corrected chi connectivity index (χ0v) is 20.3. The van der Waals surface area contributed by atoms with E-state index in [0.717, 1.165) is 0 Å². The topological polar surface area (TPSA) is 0 Å². The normalized spacial score (nSPS) is 24.3. The Balaban J connectivity index is 1.42. The molecular weight excluding hydrogens is 534 g/mol. The molecule has 4 aliphatic heterocycles. The predicted octanol–water partition coefficient (Wildman–Crippen LogP) is 7.99. The first kappa shape index (κ1) is 17.5. The van der Waals surface area contributed by atoms with Crippen LogP contribution in [0, 0.1) is 0 Å². The maximum absolute atomic E-state index is 2.52. The van der Waals surface area contributed by atoms with Gasteiger partial charge in [-0.25, -0.2) is 0 Å². The van der Waals surface area contributed by atoms with Crippen molar-refractivity contribution < 1.29 is 0 Å².